The van der Waals surface area contributed by atoms with Crippen LogP contribution in [0.2, 0.25) is 0 Å². The Morgan fingerprint density at radius 2 is 2.22 bits per heavy atom. The van der Waals surface area contributed by atoms with Gasteiger partial charge in [-0.2, -0.15) is 0 Å². The second kappa shape index (κ2) is 5.95. The molecule has 0 spiro atoms. The molecule has 1 N–H and O–H groups in total. The molecule has 2 rings (SSSR count). The van der Waals surface area contributed by atoms with Crippen molar-refractivity contribution in [2.45, 2.75) is 19.8 Å². The molecule has 0 aliphatic heterocycles. The highest BCUT2D eigenvalue weighted by Gasteiger charge is 2.11. The predicted octanol–water partition coefficient (Wildman–Crippen LogP) is 2.66. The molecule has 5 nitrogen and oxygen atoms in total. The normalized spacial score (nSPS) is 10.1. The fraction of sp³-hybridized carbons (Fsp3) is 0.308. The number of nitrogens with one attached hydrogen (secondary N) is 1. The maximum atomic E-state index is 5.75. The number of ether oxygens (including phenoxy) is 1. The number of hydrogen-bond donors (Lipinski definition) is 1. The lowest BCUT2D eigenvalue weighted by Crippen LogP contribution is -2.03. The Bertz CT molecular complexity index is 502. The van der Waals surface area contributed by atoms with E-state index in [9.17, 15) is 0 Å². The number of anilines is 1. The minimum atomic E-state index is 0.587. The summed E-state index contributed by atoms with van der Waals surface area (Å²) in [6.45, 7) is 2.11. The summed E-state index contributed by atoms with van der Waals surface area (Å²) in [5.74, 6) is 2.07. The Balaban J connectivity index is 2.32. The summed E-state index contributed by atoms with van der Waals surface area (Å²) in [5.41, 5.74) is 0.992. The van der Waals surface area contributed by atoms with E-state index < -0.39 is 0 Å². The average molecular weight is 244 g/mol. The molecule has 18 heavy (non-hydrogen) atoms. The third kappa shape index (κ3) is 2.74. The lowest BCUT2D eigenvalue weighted by atomic mass is 10.2. The molecule has 0 atom stereocenters. The van der Waals surface area contributed by atoms with Gasteiger partial charge in [0.25, 0.3) is 0 Å². The van der Waals surface area contributed by atoms with Crippen LogP contribution in [0.4, 0.5) is 5.82 Å². The number of rotatable bonds is 5. The molecule has 2 aromatic rings. The average Bonchev–Trinajstić information content (AvgIpc) is 2.42. The molecular formula is C13H16N4O. The number of nitrogens with zero attached hydrogens (tertiary/aromatic N) is 3. The molecule has 94 valence electrons. The Kier molecular flexibility index (Phi) is 4.06. The summed E-state index contributed by atoms with van der Waals surface area (Å²) >= 11 is 0. The SMILES string of the molecule is CCCc1c(NC)ncnc1Oc1cccnc1. The van der Waals surface area contributed by atoms with Gasteiger partial charge in [-0.3, -0.25) is 4.98 Å². The summed E-state index contributed by atoms with van der Waals surface area (Å²) < 4.78 is 5.75. The number of aromatic nitrogens is 3. The van der Waals surface area contributed by atoms with E-state index >= 15 is 0 Å². The van der Waals surface area contributed by atoms with Crippen molar-refractivity contribution in [3.05, 3.63) is 36.4 Å². The Hall–Kier alpha value is -2.17. The largest absolute Gasteiger partial charge is 0.437 e. The van der Waals surface area contributed by atoms with Gasteiger partial charge in [0.1, 0.15) is 17.9 Å². The Morgan fingerprint density at radius 3 is 2.89 bits per heavy atom. The Morgan fingerprint density at radius 1 is 1.33 bits per heavy atom. The maximum absolute atomic E-state index is 5.75. The molecule has 2 aromatic heterocycles. The van der Waals surface area contributed by atoms with Gasteiger partial charge in [0.2, 0.25) is 5.88 Å². The van der Waals surface area contributed by atoms with Crippen LogP contribution in [-0.2, 0) is 6.42 Å². The molecule has 0 saturated heterocycles. The minimum Gasteiger partial charge on any atom is -0.437 e. The molecule has 0 aliphatic rings. The van der Waals surface area contributed by atoms with Crippen molar-refractivity contribution in [3.8, 4) is 11.6 Å². The van der Waals surface area contributed by atoms with Crippen molar-refractivity contribution >= 4 is 5.82 Å². The summed E-state index contributed by atoms with van der Waals surface area (Å²) in [4.78, 5) is 12.4. The van der Waals surface area contributed by atoms with Crippen LogP contribution in [0.3, 0.4) is 0 Å². The first-order valence-electron chi connectivity index (χ1n) is 5.94. The second-order valence-electron chi connectivity index (χ2n) is 3.80. The first kappa shape index (κ1) is 12.3. The highest BCUT2D eigenvalue weighted by molar-refractivity contribution is 5.49. The molecule has 0 fully saturated rings. The van der Waals surface area contributed by atoms with Crippen molar-refractivity contribution in [2.24, 2.45) is 0 Å². The molecule has 0 saturated carbocycles. The van der Waals surface area contributed by atoms with Gasteiger partial charge in [0, 0.05) is 13.2 Å². The van der Waals surface area contributed by atoms with E-state index in [1.807, 2.05) is 19.2 Å². The van der Waals surface area contributed by atoms with Crippen LogP contribution in [0.15, 0.2) is 30.9 Å². The van der Waals surface area contributed by atoms with Crippen LogP contribution < -0.4 is 10.1 Å². The smallest absolute Gasteiger partial charge is 0.227 e. The predicted molar refractivity (Wildman–Crippen MR) is 69.9 cm³/mol. The van der Waals surface area contributed by atoms with Crippen molar-refractivity contribution in [3.63, 3.8) is 0 Å². The summed E-state index contributed by atoms with van der Waals surface area (Å²) in [6.07, 6.45) is 6.74. The van der Waals surface area contributed by atoms with Crippen LogP contribution in [0, 0.1) is 0 Å². The van der Waals surface area contributed by atoms with E-state index in [0.29, 0.717) is 11.6 Å². The van der Waals surface area contributed by atoms with E-state index in [0.717, 1.165) is 24.2 Å². The maximum Gasteiger partial charge on any atom is 0.227 e. The fourth-order valence-electron chi connectivity index (χ4n) is 1.69. The van der Waals surface area contributed by atoms with Gasteiger partial charge in [-0.05, 0) is 18.6 Å². The topological polar surface area (TPSA) is 59.9 Å². The molecule has 5 heteroatoms. The third-order valence-electron chi connectivity index (χ3n) is 2.49. The van der Waals surface area contributed by atoms with Gasteiger partial charge < -0.3 is 10.1 Å². The third-order valence-corrected chi connectivity index (χ3v) is 2.49. The molecule has 0 unspecified atom stereocenters. The van der Waals surface area contributed by atoms with E-state index in [1.165, 1.54) is 6.33 Å². The highest BCUT2D eigenvalue weighted by atomic mass is 16.5. The van der Waals surface area contributed by atoms with Gasteiger partial charge >= 0.3 is 0 Å². The van der Waals surface area contributed by atoms with Crippen molar-refractivity contribution in [2.75, 3.05) is 12.4 Å². The van der Waals surface area contributed by atoms with E-state index in [-0.39, 0.29) is 0 Å². The quantitative estimate of drug-likeness (QED) is 0.876. The molecule has 2 heterocycles. The lowest BCUT2D eigenvalue weighted by Gasteiger charge is -2.12. The van der Waals surface area contributed by atoms with Crippen LogP contribution in [0.25, 0.3) is 0 Å². The first-order chi connectivity index (χ1) is 8.85. The van der Waals surface area contributed by atoms with Crippen LogP contribution in [0.1, 0.15) is 18.9 Å². The van der Waals surface area contributed by atoms with Gasteiger partial charge in [-0.25, -0.2) is 9.97 Å². The summed E-state index contributed by atoms with van der Waals surface area (Å²) in [7, 11) is 1.84. The standard InChI is InChI=1S/C13H16N4O/c1-3-5-11-12(14-2)16-9-17-13(11)18-10-6-4-7-15-8-10/h4,6-9H,3,5H2,1-2H3,(H,14,16,17). The van der Waals surface area contributed by atoms with Gasteiger partial charge in [-0.1, -0.05) is 13.3 Å². The lowest BCUT2D eigenvalue weighted by molar-refractivity contribution is 0.452. The monoisotopic (exact) mass is 244 g/mol. The number of hydrogen-bond acceptors (Lipinski definition) is 5. The van der Waals surface area contributed by atoms with Crippen molar-refractivity contribution < 1.29 is 4.74 Å². The van der Waals surface area contributed by atoms with E-state index in [4.69, 9.17) is 4.74 Å². The molecule has 0 amide bonds. The molecule has 0 aliphatic carbocycles. The van der Waals surface area contributed by atoms with E-state index in [2.05, 4.69) is 27.2 Å². The van der Waals surface area contributed by atoms with Crippen LogP contribution >= 0.6 is 0 Å². The second-order valence-corrected chi connectivity index (χ2v) is 3.80. The summed E-state index contributed by atoms with van der Waals surface area (Å²) in [6, 6.07) is 3.68. The molecular weight excluding hydrogens is 228 g/mol. The highest BCUT2D eigenvalue weighted by Crippen LogP contribution is 2.27. The van der Waals surface area contributed by atoms with Gasteiger partial charge in [0.15, 0.2) is 0 Å². The van der Waals surface area contributed by atoms with Crippen LogP contribution in [-0.4, -0.2) is 22.0 Å². The zero-order valence-corrected chi connectivity index (χ0v) is 10.6. The van der Waals surface area contributed by atoms with E-state index in [1.54, 1.807) is 12.4 Å². The van der Waals surface area contributed by atoms with Gasteiger partial charge in [-0.15, -0.1) is 0 Å². The Labute approximate surface area is 106 Å². The fourth-order valence-corrected chi connectivity index (χ4v) is 1.69. The van der Waals surface area contributed by atoms with Crippen LogP contribution in [0.5, 0.6) is 11.6 Å². The zero-order chi connectivity index (χ0) is 12.8. The first-order valence-corrected chi connectivity index (χ1v) is 5.94. The number of pyridine rings is 1. The van der Waals surface area contributed by atoms with Crippen molar-refractivity contribution in [1.29, 1.82) is 0 Å². The van der Waals surface area contributed by atoms with Gasteiger partial charge in [0.05, 0.1) is 11.8 Å². The zero-order valence-electron chi connectivity index (χ0n) is 10.6. The molecule has 0 radical (unpaired) electrons. The summed E-state index contributed by atoms with van der Waals surface area (Å²) in [5, 5.41) is 3.06. The minimum absolute atomic E-state index is 0.587. The molecule has 0 aromatic carbocycles. The molecule has 0 bridgehead atoms. The van der Waals surface area contributed by atoms with Crippen molar-refractivity contribution in [1.82, 2.24) is 15.0 Å².